The van der Waals surface area contributed by atoms with Gasteiger partial charge < -0.3 is 14.3 Å². The van der Waals surface area contributed by atoms with Gasteiger partial charge >= 0.3 is 0 Å². The lowest BCUT2D eigenvalue weighted by molar-refractivity contribution is 0.102. The summed E-state index contributed by atoms with van der Waals surface area (Å²) in [6, 6.07) is 15.1. The second kappa shape index (κ2) is 7.00. The van der Waals surface area contributed by atoms with Crippen molar-refractivity contribution in [2.24, 2.45) is 0 Å². The van der Waals surface area contributed by atoms with Crippen LogP contribution in [0, 0.1) is 12.7 Å². The topological polar surface area (TPSA) is 77.9 Å². The van der Waals surface area contributed by atoms with Crippen molar-refractivity contribution in [3.05, 3.63) is 90.5 Å². The number of nitrogens with one attached hydrogen (secondary N) is 1. The highest BCUT2D eigenvalue weighted by atomic mass is 19.1. The molecular weight excluding hydrogens is 385 g/mol. The number of hydrogen-bond acceptors (Lipinski definition) is 4. The van der Waals surface area contributed by atoms with Crippen molar-refractivity contribution >= 4 is 22.7 Å². The van der Waals surface area contributed by atoms with Crippen LogP contribution < -0.4 is 5.32 Å². The molecule has 0 spiro atoms. The predicted octanol–water partition coefficient (Wildman–Crippen LogP) is 4.50. The average Bonchev–Trinajstić information content (AvgIpc) is 3.46. The number of hydrogen-bond donors (Lipinski definition) is 1. The summed E-state index contributed by atoms with van der Waals surface area (Å²) in [5.74, 6) is 0.171. The van der Waals surface area contributed by atoms with Gasteiger partial charge in [0.15, 0.2) is 17.3 Å². The minimum atomic E-state index is -0.437. The first-order valence-electron chi connectivity index (χ1n) is 9.25. The highest BCUT2D eigenvalue weighted by Gasteiger charge is 2.21. The molecule has 3 aromatic heterocycles. The summed E-state index contributed by atoms with van der Waals surface area (Å²) in [5, 5.41) is 7.15. The fourth-order valence-electron chi connectivity index (χ4n) is 3.34. The second-order valence-electron chi connectivity index (χ2n) is 6.70. The third-order valence-electron chi connectivity index (χ3n) is 4.67. The van der Waals surface area contributed by atoms with Crippen LogP contribution in [0.5, 0.6) is 0 Å². The predicted molar refractivity (Wildman–Crippen MR) is 110 cm³/mol. The van der Waals surface area contributed by atoms with E-state index in [0.717, 1.165) is 0 Å². The third kappa shape index (κ3) is 3.04. The molecule has 0 aliphatic heterocycles. The van der Waals surface area contributed by atoms with Gasteiger partial charge in [-0.05, 0) is 42.5 Å². The standard InChI is InChI=1S/C22H16FN5O2/c1-14-25-18-12-15(8-9-20(18)30-14)26-21(29)16-13-24-28(19-7-3-2-6-17(19)23)22(16)27-10-4-5-11-27/h2-13H,1H3,(H,26,29). The molecule has 0 saturated carbocycles. The van der Waals surface area contributed by atoms with Crippen LogP contribution in [0.25, 0.3) is 22.6 Å². The van der Waals surface area contributed by atoms with Gasteiger partial charge in [0.1, 0.15) is 22.6 Å². The quantitative estimate of drug-likeness (QED) is 0.481. The normalized spacial score (nSPS) is 11.1. The van der Waals surface area contributed by atoms with Gasteiger partial charge in [0.25, 0.3) is 5.91 Å². The minimum Gasteiger partial charge on any atom is -0.441 e. The molecule has 0 atom stereocenters. The minimum absolute atomic E-state index is 0.250. The van der Waals surface area contributed by atoms with Crippen molar-refractivity contribution in [2.75, 3.05) is 5.32 Å². The van der Waals surface area contributed by atoms with Crippen molar-refractivity contribution in [1.29, 1.82) is 0 Å². The van der Waals surface area contributed by atoms with Crippen LogP contribution in [0.1, 0.15) is 16.2 Å². The first-order chi connectivity index (χ1) is 14.6. The maximum atomic E-state index is 14.4. The van der Waals surface area contributed by atoms with Crippen molar-refractivity contribution in [2.45, 2.75) is 6.92 Å². The Morgan fingerprint density at radius 2 is 1.90 bits per heavy atom. The molecule has 1 amide bonds. The van der Waals surface area contributed by atoms with Crippen LogP contribution >= 0.6 is 0 Å². The van der Waals surface area contributed by atoms with Gasteiger partial charge in [-0.1, -0.05) is 12.1 Å². The fourth-order valence-corrected chi connectivity index (χ4v) is 3.34. The molecule has 7 nitrogen and oxygen atoms in total. The average molecular weight is 401 g/mol. The number of benzene rings is 2. The van der Waals surface area contributed by atoms with Gasteiger partial charge in [-0.25, -0.2) is 14.1 Å². The van der Waals surface area contributed by atoms with E-state index >= 15 is 0 Å². The number of amides is 1. The number of carbonyl (C=O) groups excluding carboxylic acids is 1. The molecule has 0 aliphatic carbocycles. The third-order valence-corrected chi connectivity index (χ3v) is 4.67. The Hall–Kier alpha value is -4.20. The summed E-state index contributed by atoms with van der Waals surface area (Å²) in [4.78, 5) is 17.4. The zero-order valence-electron chi connectivity index (χ0n) is 15.9. The molecule has 30 heavy (non-hydrogen) atoms. The Labute approximate surface area is 170 Å². The lowest BCUT2D eigenvalue weighted by atomic mass is 10.2. The molecule has 0 bridgehead atoms. The zero-order valence-corrected chi connectivity index (χ0v) is 15.9. The van der Waals surface area contributed by atoms with E-state index in [0.29, 0.717) is 34.1 Å². The smallest absolute Gasteiger partial charge is 0.261 e. The number of aromatic nitrogens is 4. The Balaban J connectivity index is 1.56. The number of aryl methyl sites for hydroxylation is 1. The molecule has 5 aromatic rings. The largest absolute Gasteiger partial charge is 0.441 e. The van der Waals surface area contributed by atoms with E-state index in [2.05, 4.69) is 15.4 Å². The molecular formula is C22H16FN5O2. The van der Waals surface area contributed by atoms with Gasteiger partial charge in [0.2, 0.25) is 0 Å². The lowest BCUT2D eigenvalue weighted by Gasteiger charge is -2.12. The van der Waals surface area contributed by atoms with Crippen LogP contribution in [0.2, 0.25) is 0 Å². The maximum Gasteiger partial charge on any atom is 0.261 e. The number of oxazole rings is 1. The summed E-state index contributed by atoms with van der Waals surface area (Å²) < 4.78 is 23.0. The van der Waals surface area contributed by atoms with Crippen LogP contribution in [-0.4, -0.2) is 25.2 Å². The van der Waals surface area contributed by atoms with E-state index in [1.165, 1.54) is 16.9 Å². The number of para-hydroxylation sites is 1. The number of halogens is 1. The van der Waals surface area contributed by atoms with Gasteiger partial charge in [-0.3, -0.25) is 4.79 Å². The van der Waals surface area contributed by atoms with Crippen LogP contribution in [0.15, 0.2) is 77.6 Å². The van der Waals surface area contributed by atoms with E-state index in [4.69, 9.17) is 4.42 Å². The molecule has 5 rings (SSSR count). The number of rotatable bonds is 4. The monoisotopic (exact) mass is 401 g/mol. The zero-order chi connectivity index (χ0) is 20.7. The molecule has 2 aromatic carbocycles. The molecule has 0 unspecified atom stereocenters. The molecule has 3 heterocycles. The fraction of sp³-hybridized carbons (Fsp3) is 0.0455. The van der Waals surface area contributed by atoms with Crippen molar-refractivity contribution in [3.63, 3.8) is 0 Å². The summed E-state index contributed by atoms with van der Waals surface area (Å²) >= 11 is 0. The van der Waals surface area contributed by atoms with Crippen molar-refractivity contribution < 1.29 is 13.6 Å². The highest BCUT2D eigenvalue weighted by molar-refractivity contribution is 6.07. The van der Waals surface area contributed by atoms with Crippen LogP contribution in [0.3, 0.4) is 0 Å². The van der Waals surface area contributed by atoms with E-state index in [-0.39, 0.29) is 11.6 Å². The number of fused-ring (bicyclic) bond motifs is 1. The summed E-state index contributed by atoms with van der Waals surface area (Å²) in [7, 11) is 0. The first kappa shape index (κ1) is 17.9. The lowest BCUT2D eigenvalue weighted by Crippen LogP contribution is -2.15. The maximum absolute atomic E-state index is 14.4. The Morgan fingerprint density at radius 3 is 2.70 bits per heavy atom. The van der Waals surface area contributed by atoms with Gasteiger partial charge in [0, 0.05) is 25.0 Å². The number of nitrogens with zero attached hydrogens (tertiary/aromatic N) is 4. The first-order valence-corrected chi connectivity index (χ1v) is 9.25. The van der Waals surface area contributed by atoms with Crippen molar-refractivity contribution in [1.82, 2.24) is 19.3 Å². The molecule has 0 aliphatic rings. The van der Waals surface area contributed by atoms with Gasteiger partial charge in [0.05, 0.1) is 6.20 Å². The molecule has 0 radical (unpaired) electrons. The van der Waals surface area contributed by atoms with E-state index < -0.39 is 5.82 Å². The summed E-state index contributed by atoms with van der Waals surface area (Å²) in [6.07, 6.45) is 4.97. The Morgan fingerprint density at radius 1 is 1.10 bits per heavy atom. The molecule has 148 valence electrons. The number of anilines is 1. The summed E-state index contributed by atoms with van der Waals surface area (Å²) in [5.41, 5.74) is 2.41. The molecule has 0 fully saturated rings. The highest BCUT2D eigenvalue weighted by Crippen LogP contribution is 2.24. The number of carbonyl (C=O) groups is 1. The second-order valence-corrected chi connectivity index (χ2v) is 6.70. The van der Waals surface area contributed by atoms with Crippen LogP contribution in [0.4, 0.5) is 10.1 Å². The Kier molecular flexibility index (Phi) is 4.17. The van der Waals surface area contributed by atoms with E-state index in [1.54, 1.807) is 60.3 Å². The molecule has 0 saturated heterocycles. The van der Waals surface area contributed by atoms with E-state index in [1.807, 2.05) is 12.1 Å². The summed E-state index contributed by atoms with van der Waals surface area (Å²) in [6.45, 7) is 1.76. The SMILES string of the molecule is Cc1nc2cc(NC(=O)c3cnn(-c4ccccc4F)c3-n3cccc3)ccc2o1. The van der Waals surface area contributed by atoms with Gasteiger partial charge in [-0.15, -0.1) is 0 Å². The molecule has 1 N–H and O–H groups in total. The van der Waals surface area contributed by atoms with Gasteiger partial charge in [-0.2, -0.15) is 5.10 Å². The Bertz CT molecular complexity index is 1370. The molecule has 8 heteroatoms. The van der Waals surface area contributed by atoms with Crippen LogP contribution in [-0.2, 0) is 0 Å². The van der Waals surface area contributed by atoms with Crippen molar-refractivity contribution in [3.8, 4) is 11.5 Å². The van der Waals surface area contributed by atoms with E-state index in [9.17, 15) is 9.18 Å².